The van der Waals surface area contributed by atoms with Crippen LogP contribution in [0.2, 0.25) is 0 Å². The number of amides is 1. The maximum atomic E-state index is 12.8. The fourth-order valence-corrected chi connectivity index (χ4v) is 4.01. The van der Waals surface area contributed by atoms with Crippen LogP contribution in [0.15, 0.2) is 60.2 Å². The first-order chi connectivity index (χ1) is 18.2. The van der Waals surface area contributed by atoms with Gasteiger partial charge in [-0.1, -0.05) is 6.07 Å². The van der Waals surface area contributed by atoms with Gasteiger partial charge in [0, 0.05) is 12.1 Å². The summed E-state index contributed by atoms with van der Waals surface area (Å²) in [6.45, 7) is 3.71. The number of benzene rings is 3. The van der Waals surface area contributed by atoms with Gasteiger partial charge in [-0.05, 0) is 90.0 Å². The van der Waals surface area contributed by atoms with Crippen LogP contribution in [0.25, 0.3) is 6.08 Å². The molecule has 0 saturated carbocycles. The van der Waals surface area contributed by atoms with E-state index in [-0.39, 0.29) is 35.1 Å². The largest absolute Gasteiger partial charge is 0.497 e. The maximum Gasteiger partial charge on any atom is 0.343 e. The van der Waals surface area contributed by atoms with Gasteiger partial charge in [0.05, 0.1) is 33.5 Å². The zero-order valence-electron chi connectivity index (χ0n) is 20.6. The lowest BCUT2D eigenvalue weighted by molar-refractivity contribution is -0.384. The second-order valence-electron chi connectivity index (χ2n) is 7.76. The van der Waals surface area contributed by atoms with Crippen molar-refractivity contribution < 1.29 is 28.7 Å². The van der Waals surface area contributed by atoms with Crippen LogP contribution in [0.4, 0.5) is 11.4 Å². The van der Waals surface area contributed by atoms with Crippen LogP contribution in [-0.2, 0) is 4.79 Å². The van der Waals surface area contributed by atoms with Gasteiger partial charge in [-0.2, -0.15) is 5.26 Å². The molecule has 0 unspecified atom stereocenters. The number of anilines is 1. The number of esters is 1. The Bertz CT molecular complexity index is 1460. The number of halogens is 1. The molecular formula is C27H22IN3O7. The molecule has 0 aromatic heterocycles. The first-order valence-electron chi connectivity index (χ1n) is 11.2. The van der Waals surface area contributed by atoms with Crippen LogP contribution in [-0.4, -0.2) is 30.5 Å². The summed E-state index contributed by atoms with van der Waals surface area (Å²) in [5.41, 5.74) is 1.15. The standard InChI is InChI=1S/C27H22IN3O7/c1-4-37-24-13-17(12-22(28)25(24)38-27(33)18-6-9-21(36-3)10-7-18)11-19(15-29)26(32)30-23-14-20(31(34)35)8-5-16(23)2/h5-14H,4H2,1-3H3,(H,30,32)/b19-11+. The van der Waals surface area contributed by atoms with E-state index in [2.05, 4.69) is 5.32 Å². The van der Waals surface area contributed by atoms with E-state index in [1.165, 1.54) is 31.4 Å². The number of non-ortho nitro benzene ring substituents is 1. The number of carbonyl (C=O) groups excluding carboxylic acids is 2. The van der Waals surface area contributed by atoms with Crippen LogP contribution in [0, 0.1) is 31.9 Å². The predicted molar refractivity (Wildman–Crippen MR) is 148 cm³/mol. The van der Waals surface area contributed by atoms with Crippen molar-refractivity contribution in [3.05, 3.63) is 90.5 Å². The summed E-state index contributed by atoms with van der Waals surface area (Å²) >= 11 is 1.97. The molecule has 0 radical (unpaired) electrons. The lowest BCUT2D eigenvalue weighted by Gasteiger charge is -2.14. The van der Waals surface area contributed by atoms with E-state index < -0.39 is 16.8 Å². The quantitative estimate of drug-likeness (QED) is 0.0608. The Morgan fingerprint density at radius 2 is 1.87 bits per heavy atom. The highest BCUT2D eigenvalue weighted by Gasteiger charge is 2.19. The molecule has 38 heavy (non-hydrogen) atoms. The molecule has 0 heterocycles. The number of hydrogen-bond acceptors (Lipinski definition) is 8. The van der Waals surface area contributed by atoms with Crippen molar-refractivity contribution in [1.29, 1.82) is 5.26 Å². The summed E-state index contributed by atoms with van der Waals surface area (Å²) in [6, 6.07) is 15.5. The highest BCUT2D eigenvalue weighted by molar-refractivity contribution is 14.1. The highest BCUT2D eigenvalue weighted by atomic mass is 127. The van der Waals surface area contributed by atoms with Crippen LogP contribution in [0.1, 0.15) is 28.4 Å². The molecular weight excluding hydrogens is 605 g/mol. The van der Waals surface area contributed by atoms with Gasteiger partial charge in [-0.3, -0.25) is 14.9 Å². The number of nitro benzene ring substituents is 1. The van der Waals surface area contributed by atoms with E-state index in [4.69, 9.17) is 14.2 Å². The Balaban J connectivity index is 1.89. The first kappa shape index (κ1) is 28.1. The van der Waals surface area contributed by atoms with Crippen molar-refractivity contribution in [2.45, 2.75) is 13.8 Å². The minimum atomic E-state index is -0.737. The van der Waals surface area contributed by atoms with Crippen molar-refractivity contribution in [2.24, 2.45) is 0 Å². The number of nitrogens with one attached hydrogen (secondary N) is 1. The van der Waals surface area contributed by atoms with Crippen molar-refractivity contribution in [3.63, 3.8) is 0 Å². The second kappa shape index (κ2) is 12.7. The van der Waals surface area contributed by atoms with Crippen LogP contribution >= 0.6 is 22.6 Å². The average molecular weight is 627 g/mol. The van der Waals surface area contributed by atoms with Gasteiger partial charge in [-0.25, -0.2) is 4.79 Å². The van der Waals surface area contributed by atoms with E-state index in [0.717, 1.165) is 0 Å². The van der Waals surface area contributed by atoms with Crippen LogP contribution in [0.5, 0.6) is 17.2 Å². The topological polar surface area (TPSA) is 141 Å². The van der Waals surface area contributed by atoms with Gasteiger partial charge < -0.3 is 19.5 Å². The summed E-state index contributed by atoms with van der Waals surface area (Å²) in [5, 5.41) is 23.3. The lowest BCUT2D eigenvalue weighted by atomic mass is 10.1. The predicted octanol–water partition coefficient (Wildman–Crippen LogP) is 5.68. The number of nitriles is 1. The molecule has 1 N–H and O–H groups in total. The normalized spacial score (nSPS) is 10.8. The molecule has 0 aliphatic heterocycles. The van der Waals surface area contributed by atoms with E-state index in [1.54, 1.807) is 50.2 Å². The number of nitrogens with zero attached hydrogens (tertiary/aromatic N) is 2. The van der Waals surface area contributed by atoms with Crippen molar-refractivity contribution in [1.82, 2.24) is 0 Å². The number of ether oxygens (including phenoxy) is 3. The van der Waals surface area contributed by atoms with E-state index >= 15 is 0 Å². The van der Waals surface area contributed by atoms with Crippen LogP contribution in [0.3, 0.4) is 0 Å². The summed E-state index contributed by atoms with van der Waals surface area (Å²) in [5.74, 6) is -0.293. The minimum absolute atomic E-state index is 0.191. The summed E-state index contributed by atoms with van der Waals surface area (Å²) in [7, 11) is 1.52. The highest BCUT2D eigenvalue weighted by Crippen LogP contribution is 2.36. The Kier molecular flexibility index (Phi) is 9.39. The first-order valence-corrected chi connectivity index (χ1v) is 12.3. The zero-order valence-corrected chi connectivity index (χ0v) is 22.8. The molecule has 3 rings (SSSR count). The van der Waals surface area contributed by atoms with E-state index in [1.807, 2.05) is 28.7 Å². The van der Waals surface area contributed by atoms with Gasteiger partial charge in [-0.15, -0.1) is 0 Å². The molecule has 3 aromatic carbocycles. The summed E-state index contributed by atoms with van der Waals surface area (Å²) in [6.07, 6.45) is 1.35. The number of methoxy groups -OCH3 is 1. The fourth-order valence-electron chi connectivity index (χ4n) is 3.28. The molecule has 11 heteroatoms. The number of aryl methyl sites for hydroxylation is 1. The molecule has 0 fully saturated rings. The molecule has 0 aliphatic carbocycles. The molecule has 10 nitrogen and oxygen atoms in total. The van der Waals surface area contributed by atoms with E-state index in [0.29, 0.717) is 26.0 Å². The molecule has 0 spiro atoms. The molecule has 194 valence electrons. The Morgan fingerprint density at radius 1 is 1.16 bits per heavy atom. The molecule has 0 atom stereocenters. The Labute approximate surface area is 232 Å². The van der Waals surface area contributed by atoms with E-state index in [9.17, 15) is 25.0 Å². The molecule has 0 bridgehead atoms. The minimum Gasteiger partial charge on any atom is -0.497 e. The van der Waals surface area contributed by atoms with Gasteiger partial charge in [0.15, 0.2) is 11.5 Å². The molecule has 1 amide bonds. The summed E-state index contributed by atoms with van der Waals surface area (Å²) < 4.78 is 16.9. The summed E-state index contributed by atoms with van der Waals surface area (Å²) in [4.78, 5) is 36.0. The molecule has 0 saturated heterocycles. The lowest BCUT2D eigenvalue weighted by Crippen LogP contribution is -2.14. The van der Waals surface area contributed by atoms with Crippen LogP contribution < -0.4 is 19.5 Å². The smallest absolute Gasteiger partial charge is 0.343 e. The third-order valence-corrected chi connectivity index (χ3v) is 6.01. The SMILES string of the molecule is CCOc1cc(/C=C(\C#N)C(=O)Nc2cc([N+](=O)[O-])ccc2C)cc(I)c1OC(=O)c1ccc(OC)cc1. The van der Waals surface area contributed by atoms with Crippen molar-refractivity contribution >= 4 is 51.9 Å². The second-order valence-corrected chi connectivity index (χ2v) is 8.92. The Morgan fingerprint density at radius 3 is 2.47 bits per heavy atom. The van der Waals surface area contributed by atoms with Gasteiger partial charge in [0.1, 0.15) is 17.4 Å². The number of rotatable bonds is 9. The Hall–Kier alpha value is -4.44. The number of hydrogen-bond donors (Lipinski definition) is 1. The monoisotopic (exact) mass is 627 g/mol. The third-order valence-electron chi connectivity index (χ3n) is 5.21. The molecule has 0 aliphatic rings. The maximum absolute atomic E-state index is 12.8. The van der Waals surface area contributed by atoms with Crippen molar-refractivity contribution in [2.75, 3.05) is 19.0 Å². The average Bonchev–Trinajstić information content (AvgIpc) is 2.90. The molecule has 3 aromatic rings. The third kappa shape index (κ3) is 6.86. The number of carbonyl (C=O) groups is 2. The van der Waals surface area contributed by atoms with Gasteiger partial charge >= 0.3 is 5.97 Å². The zero-order chi connectivity index (χ0) is 27.8. The van der Waals surface area contributed by atoms with Gasteiger partial charge in [0.2, 0.25) is 0 Å². The number of nitro groups is 1. The fraction of sp³-hybridized carbons (Fsp3) is 0.148. The van der Waals surface area contributed by atoms with Gasteiger partial charge in [0.25, 0.3) is 11.6 Å². The van der Waals surface area contributed by atoms with Crippen molar-refractivity contribution in [3.8, 4) is 23.3 Å².